The predicted molar refractivity (Wildman–Crippen MR) is 108 cm³/mol. The maximum atomic E-state index is 11.0. The Morgan fingerprint density at radius 2 is 1.71 bits per heavy atom. The van der Waals surface area contributed by atoms with E-state index in [4.69, 9.17) is 5.11 Å². The molecule has 0 aromatic rings. The first-order valence-corrected chi connectivity index (χ1v) is 11.7. The molecule has 0 bridgehead atoms. The Balaban J connectivity index is 0.00000150. The second-order valence-electron chi connectivity index (χ2n) is 11.2. The molecule has 4 aliphatic carbocycles. The van der Waals surface area contributed by atoms with Crippen molar-refractivity contribution in [2.45, 2.75) is 97.5 Å². The van der Waals surface area contributed by atoms with E-state index in [1.165, 1.54) is 44.9 Å². The first-order valence-electron chi connectivity index (χ1n) is 11.7. The van der Waals surface area contributed by atoms with Gasteiger partial charge in [-0.05, 0) is 111 Å². The number of carbonyl (C=O) groups is 1. The normalized spacial score (nSPS) is 48.6. The topological polar surface area (TPSA) is 57.5 Å². The maximum absolute atomic E-state index is 11.0. The van der Waals surface area contributed by atoms with E-state index in [0.717, 1.165) is 42.9 Å². The van der Waals surface area contributed by atoms with E-state index in [-0.39, 0.29) is 37.1 Å². The van der Waals surface area contributed by atoms with Crippen molar-refractivity contribution in [1.82, 2.24) is 0 Å². The van der Waals surface area contributed by atoms with Crippen LogP contribution in [-0.4, -0.2) is 22.3 Å². The first-order chi connectivity index (χ1) is 12.8. The fourth-order valence-corrected chi connectivity index (χ4v) is 8.76. The zero-order valence-electron chi connectivity index (χ0n) is 19.6. The summed E-state index contributed by atoms with van der Waals surface area (Å²) in [6.07, 6.45) is 12.4. The quantitative estimate of drug-likeness (QED) is 0.714. The molecule has 4 aliphatic rings. The van der Waals surface area contributed by atoms with Crippen molar-refractivity contribution in [3.63, 3.8) is 0 Å². The molecule has 0 aromatic carbocycles. The summed E-state index contributed by atoms with van der Waals surface area (Å²) in [5.74, 6) is 3.91. The van der Waals surface area contributed by atoms with Gasteiger partial charge in [0.25, 0.3) is 0 Å². The van der Waals surface area contributed by atoms with Crippen molar-refractivity contribution < 1.29 is 46.0 Å². The molecule has 0 unspecified atom stereocenters. The predicted octanol–water partition coefficient (Wildman–Crippen LogP) is 2.62. The van der Waals surface area contributed by atoms with Crippen LogP contribution in [0.25, 0.3) is 0 Å². The first kappa shape index (κ1) is 23.1. The van der Waals surface area contributed by atoms with Gasteiger partial charge in [-0.25, -0.2) is 0 Å². The molecule has 4 saturated carbocycles. The molecule has 4 fully saturated rings. The van der Waals surface area contributed by atoms with E-state index in [1.54, 1.807) is 0 Å². The third kappa shape index (κ3) is 3.76. The molecular weight excluding hydrogens is 359 g/mol. The standard InChI is InChI=1S/C24H40O3.Na.H/c1-15(4-9-22(26)27)19-7-8-20-18-6-5-16-14-17(25)10-12-23(16,2)21(18)11-13-24(19,20)3;;/h15-21,25H,4-14H2,1-3H3,(H,26,27);;/q;+1;-1/t15-,16-,17-,18+,19-,20+,21+,23+,24-;;/m1../s1. The van der Waals surface area contributed by atoms with Crippen LogP contribution in [0.2, 0.25) is 0 Å². The molecule has 0 spiro atoms. The third-order valence-electron chi connectivity index (χ3n) is 10.2. The Morgan fingerprint density at radius 1 is 1.04 bits per heavy atom. The molecule has 4 heteroatoms. The molecule has 28 heavy (non-hydrogen) atoms. The van der Waals surface area contributed by atoms with Gasteiger partial charge in [-0.2, -0.15) is 0 Å². The van der Waals surface area contributed by atoms with Gasteiger partial charge < -0.3 is 11.6 Å². The van der Waals surface area contributed by atoms with E-state index >= 15 is 0 Å². The van der Waals surface area contributed by atoms with Crippen LogP contribution < -0.4 is 29.6 Å². The number of rotatable bonds is 4. The van der Waals surface area contributed by atoms with Gasteiger partial charge in [0.15, 0.2) is 0 Å². The average molecular weight is 401 g/mol. The summed E-state index contributed by atoms with van der Waals surface area (Å²) in [5.41, 5.74) is 0.882. The van der Waals surface area contributed by atoms with Gasteiger partial charge in [-0.1, -0.05) is 20.8 Å². The van der Waals surface area contributed by atoms with Gasteiger partial charge in [0.05, 0.1) is 6.10 Å². The molecular formula is C24H41NaO3. The molecule has 0 aliphatic heterocycles. The number of aliphatic hydroxyl groups excluding tert-OH is 1. The summed E-state index contributed by atoms with van der Waals surface area (Å²) in [7, 11) is 0. The van der Waals surface area contributed by atoms with Crippen LogP contribution in [-0.2, 0) is 4.79 Å². The van der Waals surface area contributed by atoms with Crippen LogP contribution >= 0.6 is 0 Å². The Morgan fingerprint density at radius 3 is 2.43 bits per heavy atom. The minimum Gasteiger partial charge on any atom is -1.00 e. The summed E-state index contributed by atoms with van der Waals surface area (Å²) in [5, 5.41) is 19.3. The van der Waals surface area contributed by atoms with Crippen LogP contribution in [0.1, 0.15) is 92.8 Å². The zero-order chi connectivity index (χ0) is 19.4. The Hall–Kier alpha value is 0.430. The van der Waals surface area contributed by atoms with Gasteiger partial charge in [0.1, 0.15) is 0 Å². The average Bonchev–Trinajstić information content (AvgIpc) is 2.97. The van der Waals surface area contributed by atoms with Crippen molar-refractivity contribution >= 4 is 5.97 Å². The van der Waals surface area contributed by atoms with Gasteiger partial charge in [0.2, 0.25) is 0 Å². The SMILES string of the molecule is C[C@H](CCC(=O)O)[C@H]1CC[C@H]2[C@@H]3CC[C@@H]4C[C@H](O)CC[C@]4(C)[C@H]3CC[C@]12C.[H-].[Na+]. The fourth-order valence-electron chi connectivity index (χ4n) is 8.76. The number of fused-ring (bicyclic) bond motifs is 5. The summed E-state index contributed by atoms with van der Waals surface area (Å²) in [4.78, 5) is 11.0. The van der Waals surface area contributed by atoms with E-state index in [1.807, 2.05) is 0 Å². The zero-order valence-corrected chi connectivity index (χ0v) is 20.6. The van der Waals surface area contributed by atoms with Crippen molar-refractivity contribution in [1.29, 1.82) is 0 Å². The molecule has 0 saturated heterocycles. The fraction of sp³-hybridized carbons (Fsp3) is 0.958. The van der Waals surface area contributed by atoms with E-state index < -0.39 is 5.97 Å². The molecule has 0 heterocycles. The Bertz CT molecular complexity index is 586. The van der Waals surface area contributed by atoms with Crippen LogP contribution in [0.3, 0.4) is 0 Å². The minimum atomic E-state index is -0.643. The Labute approximate surface area is 195 Å². The monoisotopic (exact) mass is 400 g/mol. The summed E-state index contributed by atoms with van der Waals surface area (Å²) < 4.78 is 0. The third-order valence-corrected chi connectivity index (χ3v) is 10.2. The van der Waals surface area contributed by atoms with Gasteiger partial charge in [-0.15, -0.1) is 0 Å². The Kier molecular flexibility index (Phi) is 7.03. The van der Waals surface area contributed by atoms with E-state index in [9.17, 15) is 9.90 Å². The molecule has 3 nitrogen and oxygen atoms in total. The summed E-state index contributed by atoms with van der Waals surface area (Å²) in [6.45, 7) is 7.43. The largest absolute Gasteiger partial charge is 1.00 e. The van der Waals surface area contributed by atoms with E-state index in [2.05, 4.69) is 20.8 Å². The summed E-state index contributed by atoms with van der Waals surface area (Å²) >= 11 is 0. The van der Waals surface area contributed by atoms with Crippen molar-refractivity contribution in [3.05, 3.63) is 0 Å². The molecule has 0 radical (unpaired) electrons. The minimum absolute atomic E-state index is 0. The summed E-state index contributed by atoms with van der Waals surface area (Å²) in [6, 6.07) is 0. The van der Waals surface area contributed by atoms with Crippen LogP contribution in [0.4, 0.5) is 0 Å². The van der Waals surface area contributed by atoms with Gasteiger partial charge >= 0.3 is 35.5 Å². The number of hydrogen-bond acceptors (Lipinski definition) is 2. The van der Waals surface area contributed by atoms with Crippen LogP contribution in [0.15, 0.2) is 0 Å². The van der Waals surface area contributed by atoms with Crippen LogP contribution in [0.5, 0.6) is 0 Å². The van der Waals surface area contributed by atoms with Gasteiger partial charge in [0, 0.05) is 6.42 Å². The molecule has 0 amide bonds. The second kappa shape index (κ2) is 8.52. The number of carboxylic acids is 1. The number of hydrogen-bond donors (Lipinski definition) is 2. The van der Waals surface area contributed by atoms with Gasteiger partial charge in [-0.3, -0.25) is 4.79 Å². The molecule has 0 aromatic heterocycles. The second-order valence-corrected chi connectivity index (χ2v) is 11.2. The molecule has 4 rings (SSSR count). The molecule has 156 valence electrons. The molecule has 9 atom stereocenters. The number of aliphatic hydroxyl groups is 1. The van der Waals surface area contributed by atoms with Crippen LogP contribution in [0, 0.1) is 46.3 Å². The number of carboxylic acid groups (broad SMARTS) is 1. The van der Waals surface area contributed by atoms with E-state index in [0.29, 0.717) is 29.1 Å². The number of aliphatic carboxylic acids is 1. The maximum Gasteiger partial charge on any atom is 1.00 e. The van der Waals surface area contributed by atoms with Crippen molar-refractivity contribution in [2.24, 2.45) is 46.3 Å². The molecule has 2 N–H and O–H groups in total. The van der Waals surface area contributed by atoms with Crippen molar-refractivity contribution in [3.8, 4) is 0 Å². The van der Waals surface area contributed by atoms with Crippen molar-refractivity contribution in [2.75, 3.05) is 0 Å². The smallest absolute Gasteiger partial charge is 1.00 e.